The molecule has 0 aliphatic rings. The predicted molar refractivity (Wildman–Crippen MR) is 87.9 cm³/mol. The van der Waals surface area contributed by atoms with Gasteiger partial charge in [-0.1, -0.05) is 43.3 Å². The number of rotatable bonds is 8. The molecule has 1 aromatic heterocycles. The molecule has 2 aromatic rings. The fraction of sp³-hybridized carbons (Fsp3) is 0.353. The Morgan fingerprint density at radius 3 is 2.55 bits per heavy atom. The Balaban J connectivity index is 2.01. The van der Waals surface area contributed by atoms with E-state index in [1.807, 2.05) is 47.8 Å². The summed E-state index contributed by atoms with van der Waals surface area (Å²) in [5.74, 6) is -0.588. The molecule has 2 rings (SSSR count). The minimum atomic E-state index is -0.340. The number of carbonyl (C=O) groups excluding carboxylic acids is 1. The number of benzene rings is 1. The van der Waals surface area contributed by atoms with Crippen molar-refractivity contribution in [2.45, 2.75) is 25.7 Å². The summed E-state index contributed by atoms with van der Waals surface area (Å²) in [6.07, 6.45) is 1.10. The Bertz CT molecular complexity index is 610. The van der Waals surface area contributed by atoms with E-state index in [0.29, 0.717) is 12.8 Å². The van der Waals surface area contributed by atoms with Crippen LogP contribution in [0.1, 0.15) is 29.7 Å². The minimum absolute atomic E-state index is 0.0871. The van der Waals surface area contributed by atoms with Crippen molar-refractivity contribution in [3.8, 4) is 0 Å². The van der Waals surface area contributed by atoms with Crippen molar-refractivity contribution in [3.05, 3.63) is 68.4 Å². The first-order chi connectivity index (χ1) is 10.6. The van der Waals surface area contributed by atoms with Gasteiger partial charge in [0.05, 0.1) is 5.92 Å². The number of ketones is 1. The SMILES string of the molecule is C[C@@H](C(=O)CCc1ccccc1)[C@@H](C[N+](=O)[O-])c1cccs1. The standard InChI is InChI=1S/C17H19NO3S/c1-13(15(12-18(20)21)17-8-5-11-22-17)16(19)10-9-14-6-3-2-4-7-14/h2-8,11,13,15H,9-10,12H2,1H3/t13-,15-/m1/s1. The summed E-state index contributed by atoms with van der Waals surface area (Å²) in [4.78, 5) is 23.9. The molecule has 0 amide bonds. The van der Waals surface area contributed by atoms with Crippen LogP contribution in [-0.4, -0.2) is 17.3 Å². The van der Waals surface area contributed by atoms with Gasteiger partial charge in [0.25, 0.3) is 0 Å². The smallest absolute Gasteiger partial charge is 0.212 e. The van der Waals surface area contributed by atoms with Gasteiger partial charge < -0.3 is 0 Å². The first kappa shape index (κ1) is 16.4. The van der Waals surface area contributed by atoms with Gasteiger partial charge in [-0.3, -0.25) is 14.9 Å². The lowest BCUT2D eigenvalue weighted by Gasteiger charge is -2.18. The number of hydrogen-bond acceptors (Lipinski definition) is 4. The van der Waals surface area contributed by atoms with Crippen LogP contribution in [0.2, 0.25) is 0 Å². The van der Waals surface area contributed by atoms with E-state index in [1.165, 1.54) is 11.3 Å². The third kappa shape index (κ3) is 4.49. The van der Waals surface area contributed by atoms with Crippen LogP contribution in [0.4, 0.5) is 0 Å². The molecule has 0 aliphatic heterocycles. The number of thiophene rings is 1. The van der Waals surface area contributed by atoms with Crippen LogP contribution in [-0.2, 0) is 11.2 Å². The van der Waals surface area contributed by atoms with Crippen LogP contribution in [0, 0.1) is 16.0 Å². The number of aryl methyl sites for hydroxylation is 1. The van der Waals surface area contributed by atoms with Crippen molar-refractivity contribution in [2.75, 3.05) is 6.54 Å². The molecule has 0 spiro atoms. The second kappa shape index (κ2) is 7.84. The van der Waals surface area contributed by atoms with E-state index in [9.17, 15) is 14.9 Å². The summed E-state index contributed by atoms with van der Waals surface area (Å²) in [7, 11) is 0. The van der Waals surface area contributed by atoms with Crippen molar-refractivity contribution < 1.29 is 9.72 Å². The van der Waals surface area contributed by atoms with Gasteiger partial charge >= 0.3 is 0 Å². The molecule has 22 heavy (non-hydrogen) atoms. The summed E-state index contributed by atoms with van der Waals surface area (Å²) >= 11 is 1.48. The van der Waals surface area contributed by atoms with Gasteiger partial charge in [0.1, 0.15) is 5.78 Å². The number of hydrogen-bond donors (Lipinski definition) is 0. The number of nitrogens with zero attached hydrogens (tertiary/aromatic N) is 1. The maximum Gasteiger partial charge on any atom is 0.212 e. The van der Waals surface area contributed by atoms with E-state index in [2.05, 4.69) is 0 Å². The number of nitro groups is 1. The van der Waals surface area contributed by atoms with Gasteiger partial charge in [-0.05, 0) is 23.4 Å². The molecule has 116 valence electrons. The molecule has 0 saturated heterocycles. The Morgan fingerprint density at radius 2 is 1.95 bits per heavy atom. The van der Waals surface area contributed by atoms with Crippen LogP contribution >= 0.6 is 11.3 Å². The van der Waals surface area contributed by atoms with Gasteiger partial charge in [0, 0.05) is 22.1 Å². The Labute approximate surface area is 133 Å². The molecule has 0 radical (unpaired) electrons. The van der Waals surface area contributed by atoms with Gasteiger partial charge in [-0.2, -0.15) is 0 Å². The molecule has 0 saturated carbocycles. The van der Waals surface area contributed by atoms with Crippen molar-refractivity contribution >= 4 is 17.1 Å². The van der Waals surface area contributed by atoms with Crippen molar-refractivity contribution in [1.82, 2.24) is 0 Å². The van der Waals surface area contributed by atoms with E-state index in [0.717, 1.165) is 10.4 Å². The molecule has 0 bridgehead atoms. The molecule has 0 fully saturated rings. The lowest BCUT2D eigenvalue weighted by molar-refractivity contribution is -0.484. The van der Waals surface area contributed by atoms with Crippen molar-refractivity contribution in [2.24, 2.45) is 5.92 Å². The molecule has 0 N–H and O–H groups in total. The third-order valence-electron chi connectivity index (χ3n) is 3.87. The van der Waals surface area contributed by atoms with Crippen LogP contribution in [0.5, 0.6) is 0 Å². The molecular weight excluding hydrogens is 298 g/mol. The summed E-state index contributed by atoms with van der Waals surface area (Å²) < 4.78 is 0. The average molecular weight is 317 g/mol. The summed E-state index contributed by atoms with van der Waals surface area (Å²) in [6, 6.07) is 13.6. The van der Waals surface area contributed by atoms with E-state index in [-0.39, 0.29) is 29.1 Å². The maximum absolute atomic E-state index is 12.4. The summed E-state index contributed by atoms with van der Waals surface area (Å²) in [5.41, 5.74) is 1.12. The zero-order valence-electron chi connectivity index (χ0n) is 12.5. The molecule has 0 unspecified atom stereocenters. The van der Waals surface area contributed by atoms with E-state index >= 15 is 0 Å². The van der Waals surface area contributed by atoms with Gasteiger partial charge in [-0.25, -0.2) is 0 Å². The Hall–Kier alpha value is -2.01. The van der Waals surface area contributed by atoms with E-state index < -0.39 is 0 Å². The Morgan fingerprint density at radius 1 is 1.23 bits per heavy atom. The summed E-state index contributed by atoms with van der Waals surface area (Å²) in [5, 5.41) is 12.8. The summed E-state index contributed by atoms with van der Waals surface area (Å²) in [6.45, 7) is 1.61. The highest BCUT2D eigenvalue weighted by atomic mass is 32.1. The first-order valence-electron chi connectivity index (χ1n) is 7.29. The van der Waals surface area contributed by atoms with Crippen molar-refractivity contribution in [3.63, 3.8) is 0 Å². The van der Waals surface area contributed by atoms with E-state index in [4.69, 9.17) is 0 Å². The predicted octanol–water partition coefficient (Wildman–Crippen LogP) is 3.95. The molecule has 4 nitrogen and oxygen atoms in total. The molecule has 5 heteroatoms. The van der Waals surface area contributed by atoms with Gasteiger partial charge in [0.2, 0.25) is 6.54 Å². The highest BCUT2D eigenvalue weighted by Crippen LogP contribution is 2.30. The molecule has 1 heterocycles. The minimum Gasteiger partial charge on any atom is -0.299 e. The quantitative estimate of drug-likeness (QED) is 0.547. The van der Waals surface area contributed by atoms with Crippen LogP contribution in [0.3, 0.4) is 0 Å². The largest absolute Gasteiger partial charge is 0.299 e. The van der Waals surface area contributed by atoms with Gasteiger partial charge in [0.15, 0.2) is 0 Å². The molecule has 0 aliphatic carbocycles. The molecule has 2 atom stereocenters. The lowest BCUT2D eigenvalue weighted by Crippen LogP contribution is -2.25. The second-order valence-corrected chi connectivity index (χ2v) is 6.36. The fourth-order valence-electron chi connectivity index (χ4n) is 2.52. The molecule has 1 aromatic carbocycles. The maximum atomic E-state index is 12.4. The lowest BCUT2D eigenvalue weighted by atomic mass is 9.86. The average Bonchev–Trinajstić information content (AvgIpc) is 3.04. The Kier molecular flexibility index (Phi) is 5.83. The number of Topliss-reactive ketones (excluding diaryl/α,β-unsaturated/α-hetero) is 1. The molecular formula is C17H19NO3S. The first-order valence-corrected chi connectivity index (χ1v) is 8.17. The third-order valence-corrected chi connectivity index (χ3v) is 4.87. The van der Waals surface area contributed by atoms with Crippen molar-refractivity contribution in [1.29, 1.82) is 0 Å². The highest BCUT2D eigenvalue weighted by molar-refractivity contribution is 7.10. The van der Waals surface area contributed by atoms with E-state index in [1.54, 1.807) is 6.92 Å². The van der Waals surface area contributed by atoms with Crippen LogP contribution < -0.4 is 0 Å². The number of carbonyl (C=O) groups is 1. The van der Waals surface area contributed by atoms with Gasteiger partial charge in [-0.15, -0.1) is 11.3 Å². The zero-order chi connectivity index (χ0) is 15.9. The second-order valence-electron chi connectivity index (χ2n) is 5.38. The highest BCUT2D eigenvalue weighted by Gasteiger charge is 2.30. The zero-order valence-corrected chi connectivity index (χ0v) is 13.3. The normalized spacial score (nSPS) is 13.5. The monoisotopic (exact) mass is 317 g/mol. The fourth-order valence-corrected chi connectivity index (χ4v) is 3.45. The van der Waals surface area contributed by atoms with Crippen LogP contribution in [0.15, 0.2) is 47.8 Å². The van der Waals surface area contributed by atoms with Crippen LogP contribution in [0.25, 0.3) is 0 Å². The topological polar surface area (TPSA) is 60.2 Å².